The summed E-state index contributed by atoms with van der Waals surface area (Å²) in [4.78, 5) is 0. The molecular weight excluding hydrogens is 190 g/mol. The summed E-state index contributed by atoms with van der Waals surface area (Å²) in [5.41, 5.74) is 0. The quantitative estimate of drug-likeness (QED) is 0.805. The second-order valence-corrected chi connectivity index (χ2v) is 4.27. The van der Waals surface area contributed by atoms with Gasteiger partial charge < -0.3 is 10.1 Å². The maximum atomic E-state index is 5.52. The molecule has 1 aromatic heterocycles. The minimum atomic E-state index is 0.338. The maximum Gasteiger partial charge on any atom is 0.0700 e. The molecule has 1 N–H and O–H groups in total. The monoisotopic (exact) mass is 209 g/mol. The van der Waals surface area contributed by atoms with Gasteiger partial charge in [0, 0.05) is 31.1 Å². The van der Waals surface area contributed by atoms with Crippen LogP contribution in [0.3, 0.4) is 0 Å². The highest BCUT2D eigenvalue weighted by atomic mass is 16.5. The molecule has 1 aromatic rings. The van der Waals surface area contributed by atoms with Gasteiger partial charge in [0.25, 0.3) is 0 Å². The van der Waals surface area contributed by atoms with E-state index in [-0.39, 0.29) is 0 Å². The van der Waals surface area contributed by atoms with Crippen LogP contribution in [0.1, 0.15) is 20.3 Å². The molecule has 1 saturated heterocycles. The van der Waals surface area contributed by atoms with Gasteiger partial charge in [0.2, 0.25) is 0 Å². The first kappa shape index (κ1) is 10.6. The van der Waals surface area contributed by atoms with Crippen LogP contribution in [0.15, 0.2) is 18.5 Å². The fourth-order valence-electron chi connectivity index (χ4n) is 2.06. The van der Waals surface area contributed by atoms with Crippen LogP contribution in [-0.2, 0) is 11.3 Å². The Morgan fingerprint density at radius 1 is 1.67 bits per heavy atom. The minimum absolute atomic E-state index is 0.338. The molecule has 2 heterocycles. The van der Waals surface area contributed by atoms with Gasteiger partial charge in [-0.25, -0.2) is 0 Å². The lowest BCUT2D eigenvalue weighted by Gasteiger charge is -2.21. The Morgan fingerprint density at radius 2 is 2.53 bits per heavy atom. The summed E-state index contributed by atoms with van der Waals surface area (Å²) >= 11 is 0. The smallest absolute Gasteiger partial charge is 0.0700 e. The van der Waals surface area contributed by atoms with E-state index in [4.69, 9.17) is 4.74 Å². The van der Waals surface area contributed by atoms with E-state index >= 15 is 0 Å². The number of rotatable bonds is 4. The number of nitrogens with one attached hydrogen (secondary N) is 1. The lowest BCUT2D eigenvalue weighted by molar-refractivity contribution is 0.110. The Morgan fingerprint density at radius 3 is 3.13 bits per heavy atom. The molecule has 4 nitrogen and oxygen atoms in total. The Bertz CT molecular complexity index is 286. The highest BCUT2D eigenvalue weighted by molar-refractivity contribution is 4.83. The third-order valence-corrected chi connectivity index (χ3v) is 2.89. The molecule has 1 aliphatic heterocycles. The van der Waals surface area contributed by atoms with Gasteiger partial charge in [-0.05, 0) is 26.3 Å². The highest BCUT2D eigenvalue weighted by Crippen LogP contribution is 2.13. The normalized spacial score (nSPS) is 28.1. The molecule has 0 amide bonds. The van der Waals surface area contributed by atoms with Crippen molar-refractivity contribution < 1.29 is 4.74 Å². The molecule has 3 unspecified atom stereocenters. The molecule has 3 atom stereocenters. The van der Waals surface area contributed by atoms with Gasteiger partial charge in [-0.15, -0.1) is 0 Å². The molecule has 1 aliphatic rings. The number of hydrogen-bond acceptors (Lipinski definition) is 3. The first-order valence-electron chi connectivity index (χ1n) is 5.61. The summed E-state index contributed by atoms with van der Waals surface area (Å²) < 4.78 is 7.47. The zero-order valence-electron chi connectivity index (χ0n) is 9.39. The van der Waals surface area contributed by atoms with Gasteiger partial charge in [-0.2, -0.15) is 5.10 Å². The van der Waals surface area contributed by atoms with Crippen LogP contribution in [-0.4, -0.2) is 34.6 Å². The van der Waals surface area contributed by atoms with E-state index in [1.807, 2.05) is 23.1 Å². The van der Waals surface area contributed by atoms with Crippen molar-refractivity contribution in [2.75, 3.05) is 6.61 Å². The Balaban J connectivity index is 1.79. The fourth-order valence-corrected chi connectivity index (χ4v) is 2.06. The predicted molar refractivity (Wildman–Crippen MR) is 58.6 cm³/mol. The van der Waals surface area contributed by atoms with Crippen molar-refractivity contribution in [3.05, 3.63) is 18.5 Å². The SMILES string of the molecule is CC(Cn1cccn1)NC1CCOC1C. The average Bonchev–Trinajstić information content (AvgIpc) is 2.79. The van der Waals surface area contributed by atoms with Crippen molar-refractivity contribution in [3.8, 4) is 0 Å². The maximum absolute atomic E-state index is 5.52. The Kier molecular flexibility index (Phi) is 3.38. The standard InChI is InChI=1S/C11H19N3O/c1-9(8-14-6-3-5-12-14)13-11-4-7-15-10(11)2/h3,5-6,9-11,13H,4,7-8H2,1-2H3. The Hall–Kier alpha value is -0.870. The van der Waals surface area contributed by atoms with Crippen molar-refractivity contribution in [1.82, 2.24) is 15.1 Å². The van der Waals surface area contributed by atoms with E-state index in [2.05, 4.69) is 24.3 Å². The second-order valence-electron chi connectivity index (χ2n) is 4.27. The number of aromatic nitrogens is 2. The topological polar surface area (TPSA) is 39.1 Å². The summed E-state index contributed by atoms with van der Waals surface area (Å²) in [6.45, 7) is 6.11. The molecule has 0 aromatic carbocycles. The van der Waals surface area contributed by atoms with Crippen LogP contribution in [0.2, 0.25) is 0 Å². The first-order valence-corrected chi connectivity index (χ1v) is 5.61. The largest absolute Gasteiger partial charge is 0.377 e. The number of nitrogens with zero attached hydrogens (tertiary/aromatic N) is 2. The van der Waals surface area contributed by atoms with Gasteiger partial charge in [-0.3, -0.25) is 4.68 Å². The summed E-state index contributed by atoms with van der Waals surface area (Å²) in [5.74, 6) is 0. The van der Waals surface area contributed by atoms with E-state index in [1.54, 1.807) is 0 Å². The molecule has 0 spiro atoms. The molecule has 0 saturated carbocycles. The summed E-state index contributed by atoms with van der Waals surface area (Å²) in [6, 6.07) is 2.88. The molecule has 84 valence electrons. The van der Waals surface area contributed by atoms with Crippen molar-refractivity contribution >= 4 is 0 Å². The predicted octanol–water partition coefficient (Wildman–Crippen LogP) is 1.04. The van der Waals surface area contributed by atoms with Gasteiger partial charge in [-0.1, -0.05) is 0 Å². The fraction of sp³-hybridized carbons (Fsp3) is 0.727. The van der Waals surface area contributed by atoms with Crippen LogP contribution in [0.4, 0.5) is 0 Å². The van der Waals surface area contributed by atoms with Crippen LogP contribution in [0.25, 0.3) is 0 Å². The van der Waals surface area contributed by atoms with E-state index in [0.717, 1.165) is 19.6 Å². The van der Waals surface area contributed by atoms with Crippen LogP contribution >= 0.6 is 0 Å². The average molecular weight is 209 g/mol. The molecule has 15 heavy (non-hydrogen) atoms. The number of hydrogen-bond donors (Lipinski definition) is 1. The first-order chi connectivity index (χ1) is 7.25. The van der Waals surface area contributed by atoms with Gasteiger partial charge in [0.05, 0.1) is 12.6 Å². The molecule has 0 bridgehead atoms. The summed E-state index contributed by atoms with van der Waals surface area (Å²) in [5, 5.41) is 7.78. The van der Waals surface area contributed by atoms with Crippen molar-refractivity contribution in [2.24, 2.45) is 0 Å². The lowest BCUT2D eigenvalue weighted by atomic mass is 10.1. The van der Waals surface area contributed by atoms with Gasteiger partial charge in [0.1, 0.15) is 0 Å². The third-order valence-electron chi connectivity index (χ3n) is 2.89. The van der Waals surface area contributed by atoms with Crippen LogP contribution in [0.5, 0.6) is 0 Å². The zero-order chi connectivity index (χ0) is 10.7. The lowest BCUT2D eigenvalue weighted by Crippen LogP contribution is -2.42. The Labute approximate surface area is 90.6 Å². The number of ether oxygens (including phenoxy) is 1. The summed E-state index contributed by atoms with van der Waals surface area (Å²) in [6.07, 6.45) is 5.26. The second kappa shape index (κ2) is 4.77. The van der Waals surface area contributed by atoms with Crippen molar-refractivity contribution in [2.45, 2.75) is 45.0 Å². The van der Waals surface area contributed by atoms with E-state index < -0.39 is 0 Å². The summed E-state index contributed by atoms with van der Waals surface area (Å²) in [7, 11) is 0. The molecule has 2 rings (SSSR count). The molecule has 4 heteroatoms. The third kappa shape index (κ3) is 2.79. The highest BCUT2D eigenvalue weighted by Gasteiger charge is 2.25. The molecule has 0 aliphatic carbocycles. The van der Waals surface area contributed by atoms with Gasteiger partial charge >= 0.3 is 0 Å². The van der Waals surface area contributed by atoms with E-state index in [1.165, 1.54) is 0 Å². The molecule has 1 fully saturated rings. The molecule has 0 radical (unpaired) electrons. The van der Waals surface area contributed by atoms with Crippen LogP contribution in [0, 0.1) is 0 Å². The zero-order valence-corrected chi connectivity index (χ0v) is 9.39. The minimum Gasteiger partial charge on any atom is -0.377 e. The van der Waals surface area contributed by atoms with Crippen LogP contribution < -0.4 is 5.32 Å². The van der Waals surface area contributed by atoms with E-state index in [9.17, 15) is 0 Å². The van der Waals surface area contributed by atoms with Crippen molar-refractivity contribution in [3.63, 3.8) is 0 Å². The van der Waals surface area contributed by atoms with Crippen molar-refractivity contribution in [1.29, 1.82) is 0 Å². The molecular formula is C11H19N3O. The van der Waals surface area contributed by atoms with E-state index in [0.29, 0.717) is 18.2 Å². The van der Waals surface area contributed by atoms with Gasteiger partial charge in [0.15, 0.2) is 0 Å².